The van der Waals surface area contributed by atoms with Crippen molar-refractivity contribution >= 4 is 21.6 Å². The lowest BCUT2D eigenvalue weighted by Gasteiger charge is -2.32. The predicted octanol–water partition coefficient (Wildman–Crippen LogP) is 3.87. The summed E-state index contributed by atoms with van der Waals surface area (Å²) in [5.74, 6) is 0.114. The van der Waals surface area contributed by atoms with Gasteiger partial charge >= 0.3 is 0 Å². The Bertz CT molecular complexity index is 1050. The number of rotatable bonds is 8. The molecule has 2 aromatic carbocycles. The molecule has 0 saturated carbocycles. The lowest BCUT2D eigenvalue weighted by atomic mass is 9.97. The number of benzene rings is 2. The minimum Gasteiger partial charge on any atom is -0.497 e. The Hall–Kier alpha value is -2.58. The number of nitrogens with one attached hydrogen (secondary N) is 1. The van der Waals surface area contributed by atoms with Crippen LogP contribution in [-0.4, -0.2) is 45.9 Å². The maximum absolute atomic E-state index is 13.4. The second-order valence-corrected chi connectivity index (χ2v) is 9.77. The highest BCUT2D eigenvalue weighted by atomic mass is 32.2. The second kappa shape index (κ2) is 10.4. The largest absolute Gasteiger partial charge is 0.497 e. The molecule has 1 aliphatic heterocycles. The van der Waals surface area contributed by atoms with E-state index >= 15 is 0 Å². The third-order valence-corrected chi connectivity index (χ3v) is 7.88. The summed E-state index contributed by atoms with van der Waals surface area (Å²) in [6.07, 6.45) is 2.87. The summed E-state index contributed by atoms with van der Waals surface area (Å²) in [7, 11) is -0.935. The van der Waals surface area contributed by atoms with Crippen molar-refractivity contribution in [2.75, 3.05) is 32.6 Å². The molecule has 0 unspecified atom stereocenters. The van der Waals surface area contributed by atoms with Crippen molar-refractivity contribution in [2.45, 2.75) is 44.4 Å². The number of piperidine rings is 1. The number of ether oxygens (including phenoxy) is 2. The molecular weight excluding hydrogens is 428 g/mol. The van der Waals surface area contributed by atoms with Crippen LogP contribution in [0.5, 0.6) is 11.5 Å². The standard InChI is InChI=1S/C24H32N2O5S/c1-5-17-9-7-10-18(6-2)23(17)25-24(27)19-11-8-14-26(16-19)32(28,29)22-15-20(30-3)12-13-21(22)31-4/h7,9-10,12-13,15,19H,5-6,8,11,14,16H2,1-4H3,(H,25,27)/t19-/m1/s1. The van der Waals surface area contributed by atoms with E-state index in [-0.39, 0.29) is 23.1 Å². The zero-order chi connectivity index (χ0) is 23.3. The summed E-state index contributed by atoms with van der Waals surface area (Å²) >= 11 is 0. The van der Waals surface area contributed by atoms with Crippen molar-refractivity contribution in [1.29, 1.82) is 0 Å². The maximum Gasteiger partial charge on any atom is 0.246 e. The van der Waals surface area contributed by atoms with E-state index in [4.69, 9.17) is 9.47 Å². The van der Waals surface area contributed by atoms with Crippen molar-refractivity contribution in [2.24, 2.45) is 5.92 Å². The summed E-state index contributed by atoms with van der Waals surface area (Å²) in [5.41, 5.74) is 3.02. The van der Waals surface area contributed by atoms with E-state index in [2.05, 4.69) is 19.2 Å². The van der Waals surface area contributed by atoms with Crippen LogP contribution in [-0.2, 0) is 27.7 Å². The van der Waals surface area contributed by atoms with Crippen LogP contribution in [0.3, 0.4) is 0 Å². The molecule has 0 bridgehead atoms. The van der Waals surface area contributed by atoms with Crippen LogP contribution in [0.15, 0.2) is 41.3 Å². The number of anilines is 1. The number of carbonyl (C=O) groups is 1. The Labute approximate surface area is 190 Å². The van der Waals surface area contributed by atoms with Crippen LogP contribution in [0.1, 0.15) is 37.8 Å². The molecule has 0 spiro atoms. The molecule has 8 heteroatoms. The Morgan fingerprint density at radius 1 is 1.09 bits per heavy atom. The van der Waals surface area contributed by atoms with E-state index in [1.54, 1.807) is 12.1 Å². The number of nitrogens with zero attached hydrogens (tertiary/aromatic N) is 1. The fraction of sp³-hybridized carbons (Fsp3) is 0.458. The van der Waals surface area contributed by atoms with Crippen LogP contribution in [0, 0.1) is 5.92 Å². The van der Waals surface area contributed by atoms with E-state index in [9.17, 15) is 13.2 Å². The lowest BCUT2D eigenvalue weighted by Crippen LogP contribution is -2.43. The van der Waals surface area contributed by atoms with E-state index in [0.29, 0.717) is 25.1 Å². The average Bonchev–Trinajstić information content (AvgIpc) is 2.83. The van der Waals surface area contributed by atoms with E-state index in [1.165, 1.54) is 24.6 Å². The monoisotopic (exact) mass is 460 g/mol. The number of carbonyl (C=O) groups excluding carboxylic acids is 1. The number of hydrogen-bond donors (Lipinski definition) is 1. The lowest BCUT2D eigenvalue weighted by molar-refractivity contribution is -0.120. The average molecular weight is 461 g/mol. The highest BCUT2D eigenvalue weighted by Crippen LogP contribution is 2.33. The molecule has 0 aliphatic carbocycles. The molecule has 1 amide bonds. The van der Waals surface area contributed by atoms with Gasteiger partial charge in [-0.05, 0) is 48.9 Å². The number of sulfonamides is 1. The van der Waals surface area contributed by atoms with Gasteiger partial charge in [-0.2, -0.15) is 4.31 Å². The minimum absolute atomic E-state index is 0.0463. The van der Waals surface area contributed by atoms with Crippen LogP contribution in [0.25, 0.3) is 0 Å². The first-order valence-electron chi connectivity index (χ1n) is 11.0. The first-order chi connectivity index (χ1) is 15.3. The SMILES string of the molecule is CCc1cccc(CC)c1NC(=O)[C@@H]1CCCN(S(=O)(=O)c2cc(OC)ccc2OC)C1. The number of amides is 1. The highest BCUT2D eigenvalue weighted by Gasteiger charge is 2.35. The van der Waals surface area contributed by atoms with Crippen molar-refractivity contribution in [3.63, 3.8) is 0 Å². The molecule has 2 aromatic rings. The van der Waals surface area contributed by atoms with Crippen molar-refractivity contribution < 1.29 is 22.7 Å². The van der Waals surface area contributed by atoms with Crippen molar-refractivity contribution in [3.8, 4) is 11.5 Å². The molecule has 1 heterocycles. The van der Waals surface area contributed by atoms with Gasteiger partial charge in [0, 0.05) is 24.8 Å². The zero-order valence-corrected chi connectivity index (χ0v) is 20.0. The molecule has 3 rings (SSSR count). The first kappa shape index (κ1) is 24.1. The zero-order valence-electron chi connectivity index (χ0n) is 19.2. The Kier molecular flexibility index (Phi) is 7.79. The minimum atomic E-state index is -3.85. The summed E-state index contributed by atoms with van der Waals surface area (Å²) < 4.78 is 38.7. The van der Waals surface area contributed by atoms with Gasteiger partial charge < -0.3 is 14.8 Å². The van der Waals surface area contributed by atoms with Gasteiger partial charge in [-0.1, -0.05) is 32.0 Å². The quantitative estimate of drug-likeness (QED) is 0.646. The predicted molar refractivity (Wildman–Crippen MR) is 125 cm³/mol. The molecule has 0 aromatic heterocycles. The van der Waals surface area contributed by atoms with Gasteiger partial charge in [0.05, 0.1) is 20.1 Å². The van der Waals surface area contributed by atoms with Gasteiger partial charge in [0.15, 0.2) is 0 Å². The number of para-hydroxylation sites is 1. The molecule has 1 fully saturated rings. The molecule has 0 radical (unpaired) electrons. The molecule has 1 saturated heterocycles. The third kappa shape index (κ3) is 4.91. The van der Waals surface area contributed by atoms with E-state index in [0.717, 1.165) is 29.7 Å². The van der Waals surface area contributed by atoms with Crippen molar-refractivity contribution in [1.82, 2.24) is 4.31 Å². The van der Waals surface area contributed by atoms with Gasteiger partial charge in [-0.25, -0.2) is 8.42 Å². The summed E-state index contributed by atoms with van der Waals surface area (Å²) in [6.45, 7) is 4.60. The van der Waals surface area contributed by atoms with Gasteiger partial charge in [0.1, 0.15) is 16.4 Å². The molecule has 1 aliphatic rings. The molecule has 32 heavy (non-hydrogen) atoms. The van der Waals surface area contributed by atoms with Crippen LogP contribution >= 0.6 is 0 Å². The summed E-state index contributed by atoms with van der Waals surface area (Å²) in [4.78, 5) is 13.2. The fourth-order valence-corrected chi connectivity index (χ4v) is 5.82. The third-order valence-electron chi connectivity index (χ3n) is 5.99. The van der Waals surface area contributed by atoms with Gasteiger partial charge in [0.2, 0.25) is 15.9 Å². The van der Waals surface area contributed by atoms with E-state index in [1.807, 2.05) is 18.2 Å². The normalized spacial score (nSPS) is 17.1. The highest BCUT2D eigenvalue weighted by molar-refractivity contribution is 7.89. The van der Waals surface area contributed by atoms with Crippen molar-refractivity contribution in [3.05, 3.63) is 47.5 Å². The van der Waals surface area contributed by atoms with Gasteiger partial charge in [-0.15, -0.1) is 0 Å². The van der Waals surface area contributed by atoms with Crippen LogP contribution < -0.4 is 14.8 Å². The Balaban J connectivity index is 1.84. The molecule has 1 atom stereocenters. The summed E-state index contributed by atoms with van der Waals surface area (Å²) in [5, 5.41) is 3.10. The number of aryl methyl sites for hydroxylation is 2. The second-order valence-electron chi connectivity index (χ2n) is 7.87. The Morgan fingerprint density at radius 2 is 1.78 bits per heavy atom. The van der Waals surface area contributed by atoms with Gasteiger partial charge in [-0.3, -0.25) is 4.79 Å². The smallest absolute Gasteiger partial charge is 0.246 e. The fourth-order valence-electron chi connectivity index (χ4n) is 4.13. The van der Waals surface area contributed by atoms with E-state index < -0.39 is 15.9 Å². The van der Waals surface area contributed by atoms with Crippen LogP contribution in [0.2, 0.25) is 0 Å². The molecule has 7 nitrogen and oxygen atoms in total. The van der Waals surface area contributed by atoms with Gasteiger partial charge in [0.25, 0.3) is 0 Å². The number of methoxy groups -OCH3 is 2. The summed E-state index contributed by atoms with van der Waals surface area (Å²) in [6, 6.07) is 10.7. The molecular formula is C24H32N2O5S. The maximum atomic E-state index is 13.4. The van der Waals surface area contributed by atoms with Crippen LogP contribution in [0.4, 0.5) is 5.69 Å². The topological polar surface area (TPSA) is 84.9 Å². The number of hydrogen-bond acceptors (Lipinski definition) is 5. The first-order valence-corrected chi connectivity index (χ1v) is 12.4. The Morgan fingerprint density at radius 3 is 2.38 bits per heavy atom. The molecule has 174 valence electrons. The molecule has 1 N–H and O–H groups in total.